The van der Waals surface area contributed by atoms with Crippen LogP contribution in [-0.4, -0.2) is 42.0 Å². The van der Waals surface area contributed by atoms with Crippen molar-refractivity contribution in [3.8, 4) is 0 Å². The molecular formula is C22H34IN5O. The van der Waals surface area contributed by atoms with Gasteiger partial charge in [-0.05, 0) is 44.7 Å². The predicted molar refractivity (Wildman–Crippen MR) is 129 cm³/mol. The Kier molecular flexibility index (Phi) is 10.5. The quantitative estimate of drug-likeness (QED) is 0.244. The van der Waals surface area contributed by atoms with E-state index < -0.39 is 0 Å². The van der Waals surface area contributed by atoms with Gasteiger partial charge in [-0.25, -0.2) is 0 Å². The average molecular weight is 511 g/mol. The van der Waals surface area contributed by atoms with Crippen LogP contribution in [0, 0.1) is 12.8 Å². The van der Waals surface area contributed by atoms with Crippen molar-refractivity contribution in [1.29, 1.82) is 0 Å². The van der Waals surface area contributed by atoms with E-state index in [0.717, 1.165) is 58.0 Å². The summed E-state index contributed by atoms with van der Waals surface area (Å²) in [5.41, 5.74) is 2.55. The summed E-state index contributed by atoms with van der Waals surface area (Å²) in [5.74, 6) is 1.30. The number of benzene rings is 1. The van der Waals surface area contributed by atoms with Gasteiger partial charge in [-0.2, -0.15) is 5.10 Å². The number of aryl methyl sites for hydroxylation is 2. The van der Waals surface area contributed by atoms with Gasteiger partial charge in [-0.1, -0.05) is 29.8 Å². The Morgan fingerprint density at radius 2 is 2.10 bits per heavy atom. The number of ether oxygens (including phenoxy) is 1. The number of guanidine groups is 1. The zero-order valence-electron chi connectivity index (χ0n) is 17.5. The van der Waals surface area contributed by atoms with Gasteiger partial charge >= 0.3 is 0 Å². The first-order chi connectivity index (χ1) is 13.8. The summed E-state index contributed by atoms with van der Waals surface area (Å²) in [6, 6.07) is 10.7. The van der Waals surface area contributed by atoms with Gasteiger partial charge in [0.15, 0.2) is 5.96 Å². The normalized spacial score (nSPS) is 19.4. The number of hydrogen-bond acceptors (Lipinski definition) is 3. The van der Waals surface area contributed by atoms with Crippen molar-refractivity contribution < 1.29 is 4.74 Å². The fourth-order valence-electron chi connectivity index (χ4n) is 3.59. The highest BCUT2D eigenvalue weighted by Gasteiger charge is 2.27. The zero-order valence-corrected chi connectivity index (χ0v) is 19.8. The summed E-state index contributed by atoms with van der Waals surface area (Å²) in [6.07, 6.45) is 7.21. The monoisotopic (exact) mass is 511 g/mol. The van der Waals surface area contributed by atoms with E-state index in [0.29, 0.717) is 5.92 Å². The number of nitrogens with one attached hydrogen (secondary N) is 2. The van der Waals surface area contributed by atoms with Gasteiger partial charge in [-0.3, -0.25) is 9.67 Å². The predicted octanol–water partition coefficient (Wildman–Crippen LogP) is 3.92. The SMILES string of the molecule is CCNC(=NCC1CCCOC1c1ccc(C)cc1)NCCCn1cccn1.I. The van der Waals surface area contributed by atoms with Crippen LogP contribution in [0.2, 0.25) is 0 Å². The lowest BCUT2D eigenvalue weighted by molar-refractivity contribution is -0.0250. The number of hydrogen-bond donors (Lipinski definition) is 2. The largest absolute Gasteiger partial charge is 0.373 e. The molecular weight excluding hydrogens is 477 g/mol. The maximum absolute atomic E-state index is 6.13. The first-order valence-electron chi connectivity index (χ1n) is 10.4. The molecule has 2 aromatic rings. The van der Waals surface area contributed by atoms with E-state index in [1.54, 1.807) is 0 Å². The maximum Gasteiger partial charge on any atom is 0.191 e. The lowest BCUT2D eigenvalue weighted by atomic mass is 9.89. The lowest BCUT2D eigenvalue weighted by Gasteiger charge is -2.31. The van der Waals surface area contributed by atoms with Crippen LogP contribution in [0.3, 0.4) is 0 Å². The Hall–Kier alpha value is -1.61. The molecule has 2 atom stereocenters. The second kappa shape index (κ2) is 12.8. The zero-order chi connectivity index (χ0) is 19.6. The molecule has 0 aliphatic carbocycles. The molecule has 1 fully saturated rings. The van der Waals surface area contributed by atoms with Crippen LogP contribution in [0.25, 0.3) is 0 Å². The molecule has 0 saturated carbocycles. The Labute approximate surface area is 191 Å². The maximum atomic E-state index is 6.13. The smallest absolute Gasteiger partial charge is 0.191 e. The molecule has 1 aromatic carbocycles. The van der Waals surface area contributed by atoms with E-state index in [4.69, 9.17) is 9.73 Å². The fraction of sp³-hybridized carbons (Fsp3) is 0.545. The van der Waals surface area contributed by atoms with Crippen LogP contribution in [0.1, 0.15) is 43.4 Å². The third kappa shape index (κ3) is 7.62. The Morgan fingerprint density at radius 3 is 2.83 bits per heavy atom. The van der Waals surface area contributed by atoms with E-state index in [1.165, 1.54) is 11.1 Å². The van der Waals surface area contributed by atoms with E-state index in [2.05, 4.69) is 53.8 Å². The molecule has 3 rings (SSSR count). The minimum Gasteiger partial charge on any atom is -0.373 e. The number of aromatic nitrogens is 2. The lowest BCUT2D eigenvalue weighted by Crippen LogP contribution is -2.38. The van der Waals surface area contributed by atoms with E-state index in [9.17, 15) is 0 Å². The minimum atomic E-state index is 0. The van der Waals surface area contributed by atoms with Crippen molar-refractivity contribution in [3.05, 3.63) is 53.9 Å². The molecule has 29 heavy (non-hydrogen) atoms. The Bertz CT molecular complexity index is 717. The summed E-state index contributed by atoms with van der Waals surface area (Å²) < 4.78 is 8.08. The Balaban J connectivity index is 0.00000300. The third-order valence-electron chi connectivity index (χ3n) is 5.09. The molecule has 2 N–H and O–H groups in total. The van der Waals surface area contributed by atoms with Crippen LogP contribution >= 0.6 is 24.0 Å². The summed E-state index contributed by atoms with van der Waals surface area (Å²) in [6.45, 7) is 8.46. The van der Waals surface area contributed by atoms with Crippen LogP contribution in [-0.2, 0) is 11.3 Å². The second-order valence-electron chi connectivity index (χ2n) is 7.37. The standard InChI is InChI=1S/C22H33N5O.HI/c1-3-23-22(24-12-5-14-27-15-6-13-26-27)25-17-20-7-4-16-28-21(20)19-10-8-18(2)9-11-19;/h6,8-11,13,15,20-21H,3-5,7,12,14,16-17H2,1-2H3,(H2,23,24,25);1H. The van der Waals surface area contributed by atoms with Crippen LogP contribution in [0.5, 0.6) is 0 Å². The summed E-state index contributed by atoms with van der Waals surface area (Å²) in [5, 5.41) is 11.0. The molecule has 0 amide bonds. The van der Waals surface area contributed by atoms with Gasteiger partial charge in [0, 0.05) is 51.1 Å². The first-order valence-corrected chi connectivity index (χ1v) is 10.4. The van der Waals surface area contributed by atoms with Crippen LogP contribution in [0.4, 0.5) is 0 Å². The summed E-state index contributed by atoms with van der Waals surface area (Å²) >= 11 is 0. The van der Waals surface area contributed by atoms with Gasteiger partial charge in [0.25, 0.3) is 0 Å². The van der Waals surface area contributed by atoms with Gasteiger partial charge in [-0.15, -0.1) is 24.0 Å². The highest BCUT2D eigenvalue weighted by atomic mass is 127. The molecule has 2 heterocycles. The fourth-order valence-corrected chi connectivity index (χ4v) is 3.59. The molecule has 6 nitrogen and oxygen atoms in total. The number of halogens is 1. The minimum absolute atomic E-state index is 0. The van der Waals surface area contributed by atoms with E-state index >= 15 is 0 Å². The number of aliphatic imine (C=N–C) groups is 1. The molecule has 0 spiro atoms. The van der Waals surface area contributed by atoms with Crippen molar-refractivity contribution in [2.24, 2.45) is 10.9 Å². The van der Waals surface area contributed by atoms with Crippen LogP contribution < -0.4 is 10.6 Å². The molecule has 1 saturated heterocycles. The molecule has 0 bridgehead atoms. The first kappa shape index (κ1) is 23.7. The number of rotatable bonds is 8. The highest BCUT2D eigenvalue weighted by molar-refractivity contribution is 14.0. The summed E-state index contributed by atoms with van der Waals surface area (Å²) in [4.78, 5) is 4.86. The van der Waals surface area contributed by atoms with Crippen molar-refractivity contribution in [2.45, 2.75) is 45.8 Å². The van der Waals surface area contributed by atoms with Crippen molar-refractivity contribution in [2.75, 3.05) is 26.2 Å². The average Bonchev–Trinajstić information content (AvgIpc) is 3.24. The van der Waals surface area contributed by atoms with Crippen molar-refractivity contribution in [1.82, 2.24) is 20.4 Å². The van der Waals surface area contributed by atoms with Crippen molar-refractivity contribution in [3.63, 3.8) is 0 Å². The van der Waals surface area contributed by atoms with Gasteiger partial charge in [0.2, 0.25) is 0 Å². The molecule has 2 unspecified atom stereocenters. The summed E-state index contributed by atoms with van der Waals surface area (Å²) in [7, 11) is 0. The van der Waals surface area contributed by atoms with E-state index in [-0.39, 0.29) is 30.1 Å². The van der Waals surface area contributed by atoms with Gasteiger partial charge in [0.05, 0.1) is 6.10 Å². The Morgan fingerprint density at radius 1 is 1.28 bits per heavy atom. The highest BCUT2D eigenvalue weighted by Crippen LogP contribution is 2.33. The van der Waals surface area contributed by atoms with Crippen LogP contribution in [0.15, 0.2) is 47.7 Å². The van der Waals surface area contributed by atoms with Gasteiger partial charge < -0.3 is 15.4 Å². The molecule has 1 aliphatic rings. The molecule has 1 aromatic heterocycles. The van der Waals surface area contributed by atoms with E-state index in [1.807, 2.05) is 23.1 Å². The number of nitrogens with zero attached hydrogens (tertiary/aromatic N) is 3. The molecule has 160 valence electrons. The second-order valence-corrected chi connectivity index (χ2v) is 7.37. The molecule has 7 heteroatoms. The molecule has 0 radical (unpaired) electrons. The van der Waals surface area contributed by atoms with Crippen molar-refractivity contribution >= 4 is 29.9 Å². The topological polar surface area (TPSA) is 63.5 Å². The molecule has 1 aliphatic heterocycles. The third-order valence-corrected chi connectivity index (χ3v) is 5.09. The van der Waals surface area contributed by atoms with Gasteiger partial charge in [0.1, 0.15) is 0 Å².